The van der Waals surface area contributed by atoms with Crippen LogP contribution < -0.4 is 0 Å². The summed E-state index contributed by atoms with van der Waals surface area (Å²) in [7, 11) is 0. The second kappa shape index (κ2) is 2.96. The van der Waals surface area contributed by atoms with Crippen molar-refractivity contribution in [3.63, 3.8) is 0 Å². The van der Waals surface area contributed by atoms with Crippen molar-refractivity contribution in [2.75, 3.05) is 0 Å². The van der Waals surface area contributed by atoms with Gasteiger partial charge in [-0.3, -0.25) is 0 Å². The summed E-state index contributed by atoms with van der Waals surface area (Å²) >= 11 is 0. The zero-order valence-corrected chi connectivity index (χ0v) is 8.90. The Morgan fingerprint density at radius 2 is 1.92 bits per heavy atom. The molecule has 0 aromatic rings. The Morgan fingerprint density at radius 3 is 2.38 bits per heavy atom. The summed E-state index contributed by atoms with van der Waals surface area (Å²) < 4.78 is 0.997. The summed E-state index contributed by atoms with van der Waals surface area (Å²) in [4.78, 5) is 0. The first-order valence-corrected chi connectivity index (χ1v) is 4.58. The third-order valence-corrected chi connectivity index (χ3v) is 3.24. The van der Waals surface area contributed by atoms with Gasteiger partial charge in [0.1, 0.15) is 5.54 Å². The van der Waals surface area contributed by atoms with Crippen LogP contribution in [0.5, 0.6) is 0 Å². The zero-order valence-electron chi connectivity index (χ0n) is 8.90. The first-order chi connectivity index (χ1) is 5.80. The second-order valence-corrected chi connectivity index (χ2v) is 4.30. The van der Waals surface area contributed by atoms with Crippen LogP contribution in [0.1, 0.15) is 34.6 Å². The molecule has 0 bridgehead atoms. The minimum absolute atomic E-state index is 0.142. The SMILES string of the molecule is CC1=[N+]([O-])[C@@H](C)[C@@H](C)N(O)C1(C)C. The molecule has 4 heteroatoms. The van der Waals surface area contributed by atoms with E-state index in [-0.39, 0.29) is 12.1 Å². The molecule has 0 unspecified atom stereocenters. The van der Waals surface area contributed by atoms with E-state index < -0.39 is 5.54 Å². The molecule has 76 valence electrons. The van der Waals surface area contributed by atoms with Crippen molar-refractivity contribution in [2.24, 2.45) is 0 Å². The molecule has 13 heavy (non-hydrogen) atoms. The molecule has 1 aliphatic rings. The lowest BCUT2D eigenvalue weighted by molar-refractivity contribution is -0.528. The lowest BCUT2D eigenvalue weighted by Crippen LogP contribution is -2.62. The molecule has 1 N–H and O–H groups in total. The smallest absolute Gasteiger partial charge is 0.182 e. The number of hydrogen-bond acceptors (Lipinski definition) is 3. The highest BCUT2D eigenvalue weighted by atomic mass is 16.5. The van der Waals surface area contributed by atoms with E-state index in [1.807, 2.05) is 27.7 Å². The highest BCUT2D eigenvalue weighted by Crippen LogP contribution is 2.24. The molecule has 0 aromatic heterocycles. The van der Waals surface area contributed by atoms with Crippen molar-refractivity contribution in [1.29, 1.82) is 0 Å². The van der Waals surface area contributed by atoms with Crippen molar-refractivity contribution in [2.45, 2.75) is 52.2 Å². The van der Waals surface area contributed by atoms with E-state index in [2.05, 4.69) is 0 Å². The number of hydrogen-bond donors (Lipinski definition) is 1. The molecular weight excluding hydrogens is 168 g/mol. The summed E-state index contributed by atoms with van der Waals surface area (Å²) in [5.41, 5.74) is 0.0915. The Labute approximate surface area is 79.0 Å². The zero-order chi connectivity index (χ0) is 10.4. The van der Waals surface area contributed by atoms with Crippen LogP contribution in [0.4, 0.5) is 0 Å². The minimum Gasteiger partial charge on any atom is -0.624 e. The van der Waals surface area contributed by atoms with E-state index in [4.69, 9.17) is 0 Å². The van der Waals surface area contributed by atoms with Gasteiger partial charge in [-0.25, -0.2) is 4.74 Å². The van der Waals surface area contributed by atoms with E-state index >= 15 is 0 Å². The predicted octanol–water partition coefficient (Wildman–Crippen LogP) is 1.22. The van der Waals surface area contributed by atoms with Crippen molar-refractivity contribution in [1.82, 2.24) is 5.06 Å². The van der Waals surface area contributed by atoms with Gasteiger partial charge >= 0.3 is 0 Å². The van der Waals surface area contributed by atoms with Gasteiger partial charge in [0, 0.05) is 13.8 Å². The normalized spacial score (nSPS) is 35.2. The molecule has 1 aliphatic heterocycles. The molecular formula is C9H18N2O2. The maximum atomic E-state index is 11.6. The quantitative estimate of drug-likeness (QED) is 0.457. The Hall–Kier alpha value is -0.610. The van der Waals surface area contributed by atoms with Crippen LogP contribution in [-0.2, 0) is 0 Å². The minimum atomic E-state index is -0.562. The van der Waals surface area contributed by atoms with Crippen molar-refractivity contribution < 1.29 is 9.95 Å². The highest BCUT2D eigenvalue weighted by Gasteiger charge is 2.45. The van der Waals surface area contributed by atoms with Gasteiger partial charge in [0.05, 0.1) is 6.04 Å². The van der Waals surface area contributed by atoms with E-state index in [9.17, 15) is 10.4 Å². The largest absolute Gasteiger partial charge is 0.624 e. The van der Waals surface area contributed by atoms with Crippen LogP contribution >= 0.6 is 0 Å². The van der Waals surface area contributed by atoms with Gasteiger partial charge in [-0.05, 0) is 20.8 Å². The summed E-state index contributed by atoms with van der Waals surface area (Å²) in [5.74, 6) is 0. The molecule has 0 fully saturated rings. The Morgan fingerprint density at radius 1 is 1.46 bits per heavy atom. The van der Waals surface area contributed by atoms with Crippen molar-refractivity contribution >= 4 is 5.71 Å². The van der Waals surface area contributed by atoms with Gasteiger partial charge in [0.2, 0.25) is 0 Å². The summed E-state index contributed by atoms with van der Waals surface area (Å²) in [6.45, 7) is 9.12. The van der Waals surface area contributed by atoms with Crippen molar-refractivity contribution in [3.8, 4) is 0 Å². The average molecular weight is 186 g/mol. The highest BCUT2D eigenvalue weighted by molar-refractivity contribution is 5.86. The van der Waals surface area contributed by atoms with Crippen LogP contribution in [-0.4, -0.2) is 38.3 Å². The molecule has 1 heterocycles. The molecule has 1 rings (SSSR count). The van der Waals surface area contributed by atoms with Gasteiger partial charge < -0.3 is 10.4 Å². The van der Waals surface area contributed by atoms with Gasteiger partial charge in [0.25, 0.3) is 0 Å². The van der Waals surface area contributed by atoms with Gasteiger partial charge in [0.15, 0.2) is 11.8 Å². The fourth-order valence-electron chi connectivity index (χ4n) is 1.65. The van der Waals surface area contributed by atoms with Crippen molar-refractivity contribution in [3.05, 3.63) is 5.21 Å². The van der Waals surface area contributed by atoms with Crippen LogP contribution in [0.25, 0.3) is 0 Å². The lowest BCUT2D eigenvalue weighted by atomic mass is 9.92. The van der Waals surface area contributed by atoms with E-state index in [1.165, 1.54) is 5.06 Å². The molecule has 0 aliphatic carbocycles. The van der Waals surface area contributed by atoms with Crippen LogP contribution in [0.2, 0.25) is 0 Å². The van der Waals surface area contributed by atoms with Crippen LogP contribution in [0, 0.1) is 5.21 Å². The first kappa shape index (κ1) is 10.5. The average Bonchev–Trinajstić information content (AvgIpc) is 2.09. The third kappa shape index (κ3) is 1.34. The van der Waals surface area contributed by atoms with E-state index in [0.29, 0.717) is 5.71 Å². The predicted molar refractivity (Wildman–Crippen MR) is 50.9 cm³/mol. The fraction of sp³-hybridized carbons (Fsp3) is 0.889. The standard InChI is InChI=1S/C9H18N2O2/c1-6-7(2)11(13)9(4,5)8(3)10(6)12/h6-7,13H,1-5H3/t6-,7+/m0/s1. The molecule has 0 spiro atoms. The monoisotopic (exact) mass is 186 g/mol. The summed E-state index contributed by atoms with van der Waals surface area (Å²) in [6, 6.07) is -0.339. The summed E-state index contributed by atoms with van der Waals surface area (Å²) in [6.07, 6.45) is 0. The van der Waals surface area contributed by atoms with E-state index in [1.54, 1.807) is 6.92 Å². The lowest BCUT2D eigenvalue weighted by Gasteiger charge is -2.42. The Bertz CT molecular complexity index is 248. The van der Waals surface area contributed by atoms with Gasteiger partial charge in [-0.1, -0.05) is 0 Å². The molecule has 4 nitrogen and oxygen atoms in total. The molecule has 0 aromatic carbocycles. The fourth-order valence-corrected chi connectivity index (χ4v) is 1.65. The maximum Gasteiger partial charge on any atom is 0.182 e. The molecule has 0 saturated carbocycles. The molecule has 0 saturated heterocycles. The number of rotatable bonds is 0. The molecule has 0 amide bonds. The topological polar surface area (TPSA) is 49.5 Å². The van der Waals surface area contributed by atoms with E-state index in [0.717, 1.165) is 4.74 Å². The first-order valence-electron chi connectivity index (χ1n) is 4.58. The molecule has 2 atom stereocenters. The second-order valence-electron chi connectivity index (χ2n) is 4.30. The van der Waals surface area contributed by atoms with Gasteiger partial charge in [-0.15, -0.1) is 0 Å². The molecule has 0 radical (unpaired) electrons. The summed E-state index contributed by atoms with van der Waals surface area (Å²) in [5, 5.41) is 22.7. The van der Waals surface area contributed by atoms with Crippen LogP contribution in [0.15, 0.2) is 0 Å². The Kier molecular flexibility index (Phi) is 2.38. The maximum absolute atomic E-state index is 11.6. The number of hydroxylamine groups is 3. The van der Waals surface area contributed by atoms with Crippen LogP contribution in [0.3, 0.4) is 0 Å². The number of nitrogens with zero attached hydrogens (tertiary/aromatic N) is 2. The Balaban J connectivity index is 3.17. The van der Waals surface area contributed by atoms with Gasteiger partial charge in [-0.2, -0.15) is 5.06 Å². The third-order valence-electron chi connectivity index (χ3n) is 3.24.